The van der Waals surface area contributed by atoms with E-state index in [1.807, 2.05) is 5.38 Å². The zero-order valence-corrected chi connectivity index (χ0v) is 5.63. The predicted octanol–water partition coefficient (Wildman–Crippen LogP) is 0.993. The quantitative estimate of drug-likeness (QED) is 0.611. The van der Waals surface area contributed by atoms with Gasteiger partial charge in [-0.2, -0.15) is 4.37 Å². The summed E-state index contributed by atoms with van der Waals surface area (Å²) in [4.78, 5) is 0. The third-order valence-corrected chi connectivity index (χ3v) is 1.56. The third kappa shape index (κ3) is 0.801. The highest BCUT2D eigenvalue weighted by Crippen LogP contribution is 2.15. The summed E-state index contributed by atoms with van der Waals surface area (Å²) in [5, 5.41) is 8.82. The minimum atomic E-state index is 0.675. The predicted molar refractivity (Wildman–Crippen MR) is 34.2 cm³/mol. The first-order valence-electron chi connectivity index (χ1n) is 2.56. The second-order valence-corrected chi connectivity index (χ2v) is 2.26. The fraction of sp³-hybridized carbons (Fsp3) is 0. The maximum atomic E-state index is 4.53. The van der Waals surface area contributed by atoms with Crippen LogP contribution in [0.5, 0.6) is 0 Å². The molecule has 2 rings (SSSR count). The summed E-state index contributed by atoms with van der Waals surface area (Å²) in [5.41, 5.74) is 1.50. The van der Waals surface area contributed by atoms with Crippen molar-refractivity contribution in [2.24, 2.45) is 0 Å². The van der Waals surface area contributed by atoms with E-state index in [-0.39, 0.29) is 0 Å². The van der Waals surface area contributed by atoms with Gasteiger partial charge in [0.25, 0.3) is 0 Å². The van der Waals surface area contributed by atoms with Gasteiger partial charge in [0.2, 0.25) is 0 Å². The summed E-state index contributed by atoms with van der Waals surface area (Å²) in [5.74, 6) is 0. The lowest BCUT2D eigenvalue weighted by Gasteiger charge is -1.77. The molecular weight excluding hydrogens is 150 g/mol. The summed E-state index contributed by atoms with van der Waals surface area (Å²) in [6.45, 7) is 0. The first kappa shape index (κ1) is 5.55. The second-order valence-electron chi connectivity index (χ2n) is 1.63. The lowest BCUT2D eigenvalue weighted by Crippen LogP contribution is -1.71. The molecule has 0 spiro atoms. The van der Waals surface area contributed by atoms with Gasteiger partial charge in [0.05, 0.1) is 0 Å². The Labute approximate surface area is 60.6 Å². The van der Waals surface area contributed by atoms with Crippen molar-refractivity contribution >= 4 is 11.5 Å². The maximum absolute atomic E-state index is 4.53. The number of aromatic nitrogens is 3. The maximum Gasteiger partial charge on any atom is 0.152 e. The van der Waals surface area contributed by atoms with Crippen molar-refractivity contribution < 1.29 is 4.52 Å². The van der Waals surface area contributed by atoms with Crippen LogP contribution in [0.4, 0.5) is 0 Å². The Morgan fingerprint density at radius 2 is 2.60 bits per heavy atom. The molecule has 2 aromatic rings. The molecule has 0 bridgehead atoms. The van der Waals surface area contributed by atoms with E-state index < -0.39 is 0 Å². The molecule has 2 heterocycles. The SMILES string of the molecule is [c]1nscc1-c1conn1. The Hall–Kier alpha value is -1.23. The van der Waals surface area contributed by atoms with Gasteiger partial charge in [-0.3, -0.25) is 0 Å². The zero-order valence-electron chi connectivity index (χ0n) is 4.81. The highest BCUT2D eigenvalue weighted by Gasteiger charge is 2.01. The Morgan fingerprint density at radius 1 is 1.60 bits per heavy atom. The molecule has 0 aliphatic heterocycles. The first-order valence-corrected chi connectivity index (χ1v) is 3.40. The normalized spacial score (nSPS) is 10.0. The van der Waals surface area contributed by atoms with Crippen molar-refractivity contribution in [1.29, 1.82) is 0 Å². The second kappa shape index (κ2) is 2.18. The van der Waals surface area contributed by atoms with Gasteiger partial charge in [-0.15, -0.1) is 5.10 Å². The van der Waals surface area contributed by atoms with E-state index in [2.05, 4.69) is 25.5 Å². The van der Waals surface area contributed by atoms with Crippen LogP contribution in [0.3, 0.4) is 0 Å². The zero-order chi connectivity index (χ0) is 6.81. The van der Waals surface area contributed by atoms with Gasteiger partial charge in [0.15, 0.2) is 6.26 Å². The molecule has 0 amide bonds. The van der Waals surface area contributed by atoms with E-state index in [0.29, 0.717) is 5.69 Å². The molecule has 0 saturated carbocycles. The van der Waals surface area contributed by atoms with Crippen molar-refractivity contribution in [3.8, 4) is 11.3 Å². The molecule has 0 aliphatic carbocycles. The van der Waals surface area contributed by atoms with Crippen LogP contribution in [0.1, 0.15) is 0 Å². The Balaban J connectivity index is 2.48. The summed E-state index contributed by atoms with van der Waals surface area (Å²) in [7, 11) is 0. The van der Waals surface area contributed by atoms with Crippen LogP contribution < -0.4 is 0 Å². The average Bonchev–Trinajstić information content (AvgIpc) is 2.59. The average molecular weight is 152 g/mol. The van der Waals surface area contributed by atoms with Crippen molar-refractivity contribution in [3.63, 3.8) is 0 Å². The van der Waals surface area contributed by atoms with Crippen LogP contribution in [0, 0.1) is 6.20 Å². The number of hydrogen-bond acceptors (Lipinski definition) is 5. The molecule has 5 heteroatoms. The Bertz CT molecular complexity index is 256. The third-order valence-electron chi connectivity index (χ3n) is 1.03. The van der Waals surface area contributed by atoms with Crippen molar-refractivity contribution in [3.05, 3.63) is 17.8 Å². The number of hydrogen-bond donors (Lipinski definition) is 0. The highest BCUT2D eigenvalue weighted by atomic mass is 32.1. The molecule has 4 nitrogen and oxygen atoms in total. The van der Waals surface area contributed by atoms with Crippen LogP contribution in [0.15, 0.2) is 16.2 Å². The van der Waals surface area contributed by atoms with E-state index in [1.54, 1.807) is 0 Å². The Morgan fingerprint density at radius 3 is 3.20 bits per heavy atom. The standard InChI is InChI=1S/C5H2N3OS/c1-4(3-10-6-1)5-2-9-8-7-5/h2-3H. The lowest BCUT2D eigenvalue weighted by atomic mass is 10.3. The summed E-state index contributed by atoms with van der Waals surface area (Å²) >= 11 is 1.32. The Kier molecular flexibility index (Phi) is 1.21. The molecule has 0 saturated heterocycles. The smallest absolute Gasteiger partial charge is 0.152 e. The molecule has 0 atom stereocenters. The molecule has 1 radical (unpaired) electrons. The summed E-state index contributed by atoms with van der Waals surface area (Å²) in [6, 6.07) is 0. The number of nitrogens with zero attached hydrogens (tertiary/aromatic N) is 3. The molecule has 2 aromatic heterocycles. The lowest BCUT2D eigenvalue weighted by molar-refractivity contribution is 0.393. The van der Waals surface area contributed by atoms with Gasteiger partial charge in [-0.1, -0.05) is 0 Å². The van der Waals surface area contributed by atoms with E-state index in [1.165, 1.54) is 17.8 Å². The molecule has 49 valence electrons. The van der Waals surface area contributed by atoms with Crippen LogP contribution in [-0.2, 0) is 0 Å². The minimum absolute atomic E-state index is 0.675. The summed E-state index contributed by atoms with van der Waals surface area (Å²) in [6.07, 6.45) is 4.20. The van der Waals surface area contributed by atoms with Crippen LogP contribution in [0.2, 0.25) is 0 Å². The van der Waals surface area contributed by atoms with E-state index in [9.17, 15) is 0 Å². The minimum Gasteiger partial charge on any atom is -0.345 e. The molecule has 0 unspecified atom stereocenters. The molecule has 0 fully saturated rings. The fourth-order valence-electron chi connectivity index (χ4n) is 0.581. The van der Waals surface area contributed by atoms with E-state index >= 15 is 0 Å². The summed E-state index contributed by atoms with van der Waals surface area (Å²) < 4.78 is 8.32. The first-order chi connectivity index (χ1) is 4.97. The molecule has 0 aromatic carbocycles. The molecular formula is C5H2N3OS. The molecule has 0 N–H and O–H groups in total. The van der Waals surface area contributed by atoms with Crippen LogP contribution >= 0.6 is 11.5 Å². The van der Waals surface area contributed by atoms with Gasteiger partial charge in [0, 0.05) is 16.2 Å². The van der Waals surface area contributed by atoms with Gasteiger partial charge in [-0.05, 0) is 11.5 Å². The molecule has 0 aliphatic rings. The molecule has 10 heavy (non-hydrogen) atoms. The van der Waals surface area contributed by atoms with E-state index in [0.717, 1.165) is 5.56 Å². The van der Waals surface area contributed by atoms with Crippen molar-refractivity contribution in [2.45, 2.75) is 0 Å². The fourth-order valence-corrected chi connectivity index (χ4v) is 1.06. The monoisotopic (exact) mass is 152 g/mol. The largest absolute Gasteiger partial charge is 0.345 e. The van der Waals surface area contributed by atoms with Crippen LogP contribution in [-0.4, -0.2) is 14.7 Å². The van der Waals surface area contributed by atoms with E-state index in [4.69, 9.17) is 0 Å². The van der Waals surface area contributed by atoms with Gasteiger partial charge in [0.1, 0.15) is 11.9 Å². The van der Waals surface area contributed by atoms with Crippen LogP contribution in [0.25, 0.3) is 11.3 Å². The highest BCUT2D eigenvalue weighted by molar-refractivity contribution is 7.03. The van der Waals surface area contributed by atoms with Crippen molar-refractivity contribution in [1.82, 2.24) is 14.7 Å². The van der Waals surface area contributed by atoms with Gasteiger partial charge < -0.3 is 4.52 Å². The topological polar surface area (TPSA) is 51.8 Å². The van der Waals surface area contributed by atoms with Gasteiger partial charge in [-0.25, -0.2) is 0 Å². The number of rotatable bonds is 1. The van der Waals surface area contributed by atoms with Gasteiger partial charge >= 0.3 is 0 Å². The van der Waals surface area contributed by atoms with Crippen molar-refractivity contribution in [2.75, 3.05) is 0 Å².